The first-order chi connectivity index (χ1) is 9.17. The number of unbranched alkanes of at least 4 members (excludes halogenated alkanes) is 1. The molecule has 1 heterocycles. The van der Waals surface area contributed by atoms with Crippen LogP contribution in [0.3, 0.4) is 0 Å². The first-order valence-electron chi connectivity index (χ1n) is 6.89. The molecule has 1 aromatic heterocycles. The lowest BCUT2D eigenvalue weighted by molar-refractivity contribution is 0.0697. The average molecular weight is 260 g/mol. The molecule has 0 bridgehead atoms. The van der Waals surface area contributed by atoms with Gasteiger partial charge in [-0.1, -0.05) is 20.3 Å². The molecule has 0 aliphatic carbocycles. The normalized spacial score (nSPS) is 11.1. The minimum Gasteiger partial charge on any atom is -0.478 e. The minimum atomic E-state index is -0.901. The van der Waals surface area contributed by atoms with Crippen molar-refractivity contribution in [2.45, 2.75) is 46.1 Å². The van der Waals surface area contributed by atoms with Crippen molar-refractivity contribution in [3.63, 3.8) is 0 Å². The Balaban J connectivity index is 2.49. The van der Waals surface area contributed by atoms with Gasteiger partial charge in [-0.15, -0.1) is 0 Å². The highest BCUT2D eigenvalue weighted by atomic mass is 16.4. The standard InChI is InChI=1S/C15H20N2O2/c1-3-5-9-17-13-8-7-11(15(18)19)10-12(13)16-14(17)6-4-2/h7-8,10H,3-6,9H2,1-2H3,(H,18,19). The van der Waals surface area contributed by atoms with Gasteiger partial charge in [0.25, 0.3) is 0 Å². The monoisotopic (exact) mass is 260 g/mol. The molecule has 1 aromatic carbocycles. The Kier molecular flexibility index (Phi) is 4.20. The smallest absolute Gasteiger partial charge is 0.335 e. The number of benzene rings is 1. The van der Waals surface area contributed by atoms with Crippen molar-refractivity contribution in [2.24, 2.45) is 0 Å². The molecule has 0 saturated carbocycles. The van der Waals surface area contributed by atoms with Crippen molar-refractivity contribution >= 4 is 17.0 Å². The summed E-state index contributed by atoms with van der Waals surface area (Å²) in [5.74, 6) is 0.163. The van der Waals surface area contributed by atoms with Crippen molar-refractivity contribution < 1.29 is 9.90 Å². The Labute approximate surface area is 113 Å². The highest BCUT2D eigenvalue weighted by molar-refractivity contribution is 5.92. The Morgan fingerprint density at radius 1 is 1.32 bits per heavy atom. The molecular weight excluding hydrogens is 240 g/mol. The molecule has 0 atom stereocenters. The zero-order valence-electron chi connectivity index (χ0n) is 11.5. The molecule has 0 spiro atoms. The summed E-state index contributed by atoms with van der Waals surface area (Å²) in [5.41, 5.74) is 2.14. The van der Waals surface area contributed by atoms with E-state index < -0.39 is 5.97 Å². The molecule has 0 saturated heterocycles. The molecule has 0 aliphatic rings. The second-order valence-electron chi connectivity index (χ2n) is 4.79. The van der Waals surface area contributed by atoms with E-state index in [-0.39, 0.29) is 0 Å². The van der Waals surface area contributed by atoms with Crippen molar-refractivity contribution in [2.75, 3.05) is 0 Å². The number of imidazole rings is 1. The number of aromatic carboxylic acids is 1. The van der Waals surface area contributed by atoms with Crippen molar-refractivity contribution in [1.29, 1.82) is 0 Å². The van der Waals surface area contributed by atoms with E-state index in [9.17, 15) is 4.79 Å². The number of hydrogen-bond acceptors (Lipinski definition) is 2. The van der Waals surface area contributed by atoms with Gasteiger partial charge in [0.1, 0.15) is 5.82 Å². The molecule has 0 amide bonds. The number of hydrogen-bond donors (Lipinski definition) is 1. The van der Waals surface area contributed by atoms with Crippen LogP contribution in [0, 0.1) is 0 Å². The molecule has 0 aliphatic heterocycles. The van der Waals surface area contributed by atoms with Crippen LogP contribution in [0.15, 0.2) is 18.2 Å². The molecule has 4 heteroatoms. The third-order valence-electron chi connectivity index (χ3n) is 3.28. The van der Waals surface area contributed by atoms with E-state index in [4.69, 9.17) is 5.11 Å². The third kappa shape index (κ3) is 2.78. The van der Waals surface area contributed by atoms with Gasteiger partial charge >= 0.3 is 5.97 Å². The van der Waals surface area contributed by atoms with E-state index in [1.807, 2.05) is 6.07 Å². The van der Waals surface area contributed by atoms with Gasteiger partial charge in [-0.2, -0.15) is 0 Å². The van der Waals surface area contributed by atoms with Gasteiger partial charge in [0, 0.05) is 13.0 Å². The van der Waals surface area contributed by atoms with Crippen LogP contribution in [-0.2, 0) is 13.0 Å². The summed E-state index contributed by atoms with van der Waals surface area (Å²) in [4.78, 5) is 15.6. The number of carbonyl (C=O) groups is 1. The highest BCUT2D eigenvalue weighted by Crippen LogP contribution is 2.20. The number of fused-ring (bicyclic) bond motifs is 1. The summed E-state index contributed by atoms with van der Waals surface area (Å²) < 4.78 is 2.23. The molecule has 102 valence electrons. The fraction of sp³-hybridized carbons (Fsp3) is 0.467. The lowest BCUT2D eigenvalue weighted by Crippen LogP contribution is -2.03. The topological polar surface area (TPSA) is 55.1 Å². The summed E-state index contributed by atoms with van der Waals surface area (Å²) in [5, 5.41) is 9.03. The number of aromatic nitrogens is 2. The first kappa shape index (κ1) is 13.6. The molecule has 19 heavy (non-hydrogen) atoms. The first-order valence-corrected chi connectivity index (χ1v) is 6.89. The van der Waals surface area contributed by atoms with Crippen LogP contribution in [0.25, 0.3) is 11.0 Å². The number of carboxylic acids is 1. The van der Waals surface area contributed by atoms with Crippen molar-refractivity contribution in [3.05, 3.63) is 29.6 Å². The van der Waals surface area contributed by atoms with Crippen molar-refractivity contribution in [3.8, 4) is 0 Å². The SMILES string of the molecule is CCCCn1c(CCC)nc2cc(C(=O)O)ccc21. The van der Waals surface area contributed by atoms with Gasteiger partial charge in [-0.3, -0.25) is 0 Å². The average Bonchev–Trinajstić information content (AvgIpc) is 2.73. The van der Waals surface area contributed by atoms with Gasteiger partial charge in [-0.25, -0.2) is 9.78 Å². The van der Waals surface area contributed by atoms with E-state index in [2.05, 4.69) is 23.4 Å². The number of nitrogens with zero attached hydrogens (tertiary/aromatic N) is 2. The molecule has 2 rings (SSSR count). The van der Waals surface area contributed by atoms with Crippen LogP contribution in [0.4, 0.5) is 0 Å². The molecule has 0 unspecified atom stereocenters. The second kappa shape index (κ2) is 5.87. The maximum atomic E-state index is 11.0. The summed E-state index contributed by atoms with van der Waals surface area (Å²) in [6.45, 7) is 5.25. The fourth-order valence-electron chi connectivity index (χ4n) is 2.29. The van der Waals surface area contributed by atoms with E-state index in [1.165, 1.54) is 0 Å². The summed E-state index contributed by atoms with van der Waals surface area (Å²) in [7, 11) is 0. The molecule has 0 radical (unpaired) electrons. The van der Waals surface area contributed by atoms with Crippen LogP contribution < -0.4 is 0 Å². The fourth-order valence-corrected chi connectivity index (χ4v) is 2.29. The maximum Gasteiger partial charge on any atom is 0.335 e. The maximum absolute atomic E-state index is 11.0. The lowest BCUT2D eigenvalue weighted by atomic mass is 10.2. The zero-order valence-corrected chi connectivity index (χ0v) is 11.5. The molecular formula is C15H20N2O2. The highest BCUT2D eigenvalue weighted by Gasteiger charge is 2.12. The second-order valence-corrected chi connectivity index (χ2v) is 4.79. The van der Waals surface area contributed by atoms with Crippen molar-refractivity contribution in [1.82, 2.24) is 9.55 Å². The van der Waals surface area contributed by atoms with Gasteiger partial charge in [0.2, 0.25) is 0 Å². The van der Waals surface area contributed by atoms with E-state index in [0.29, 0.717) is 5.56 Å². The Bertz CT molecular complexity index is 587. The van der Waals surface area contributed by atoms with E-state index in [1.54, 1.807) is 12.1 Å². The minimum absolute atomic E-state index is 0.302. The summed E-state index contributed by atoms with van der Waals surface area (Å²) in [6, 6.07) is 5.20. The molecule has 1 N–H and O–H groups in total. The van der Waals surface area contributed by atoms with E-state index in [0.717, 1.165) is 49.1 Å². The van der Waals surface area contributed by atoms with Crippen LogP contribution in [0.1, 0.15) is 49.3 Å². The predicted octanol–water partition coefficient (Wildman–Crippen LogP) is 3.49. The quantitative estimate of drug-likeness (QED) is 0.865. The Morgan fingerprint density at radius 3 is 2.74 bits per heavy atom. The van der Waals surface area contributed by atoms with Gasteiger partial charge in [0.05, 0.1) is 16.6 Å². The molecule has 2 aromatic rings. The number of rotatable bonds is 6. The predicted molar refractivity (Wildman–Crippen MR) is 75.6 cm³/mol. The number of carboxylic acid groups (broad SMARTS) is 1. The van der Waals surface area contributed by atoms with Gasteiger partial charge in [0.15, 0.2) is 0 Å². The Hall–Kier alpha value is -1.84. The summed E-state index contributed by atoms with van der Waals surface area (Å²) in [6.07, 6.45) is 4.23. The van der Waals surface area contributed by atoms with Crippen LogP contribution >= 0.6 is 0 Å². The van der Waals surface area contributed by atoms with Crippen LogP contribution in [0.2, 0.25) is 0 Å². The third-order valence-corrected chi connectivity index (χ3v) is 3.28. The Morgan fingerprint density at radius 2 is 2.11 bits per heavy atom. The van der Waals surface area contributed by atoms with E-state index >= 15 is 0 Å². The number of aryl methyl sites for hydroxylation is 2. The summed E-state index contributed by atoms with van der Waals surface area (Å²) >= 11 is 0. The van der Waals surface area contributed by atoms with Gasteiger partial charge in [-0.05, 0) is 31.0 Å². The molecule has 0 fully saturated rings. The zero-order chi connectivity index (χ0) is 13.8. The van der Waals surface area contributed by atoms with Gasteiger partial charge < -0.3 is 9.67 Å². The largest absolute Gasteiger partial charge is 0.478 e. The van der Waals surface area contributed by atoms with Crippen LogP contribution in [-0.4, -0.2) is 20.6 Å². The molecule has 4 nitrogen and oxygen atoms in total. The van der Waals surface area contributed by atoms with Crippen LogP contribution in [0.5, 0.6) is 0 Å². The lowest BCUT2D eigenvalue weighted by Gasteiger charge is -2.07.